The highest BCUT2D eigenvalue weighted by Crippen LogP contribution is 2.37. The molecule has 0 saturated carbocycles. The van der Waals surface area contributed by atoms with Crippen molar-refractivity contribution in [2.45, 2.75) is 19.3 Å². The Bertz CT molecular complexity index is 403. The second-order valence-corrected chi connectivity index (χ2v) is 4.35. The van der Waals surface area contributed by atoms with E-state index in [9.17, 15) is 9.90 Å². The van der Waals surface area contributed by atoms with E-state index in [-0.39, 0.29) is 18.1 Å². The van der Waals surface area contributed by atoms with Crippen LogP contribution in [0.5, 0.6) is 11.5 Å². The van der Waals surface area contributed by atoms with Crippen molar-refractivity contribution in [1.29, 1.82) is 0 Å². The van der Waals surface area contributed by atoms with E-state index >= 15 is 0 Å². The van der Waals surface area contributed by atoms with Crippen LogP contribution in [0.4, 0.5) is 0 Å². The third kappa shape index (κ3) is 2.88. The van der Waals surface area contributed by atoms with Crippen molar-refractivity contribution in [2.24, 2.45) is 0 Å². The number of hydrogen-bond acceptors (Lipinski definition) is 3. The first-order valence-electron chi connectivity index (χ1n) is 4.74. The molecule has 2 N–H and O–H groups in total. The van der Waals surface area contributed by atoms with Gasteiger partial charge in [-0.15, -0.1) is 0 Å². The molecule has 0 radical (unpaired) electrons. The summed E-state index contributed by atoms with van der Waals surface area (Å²) >= 11 is 3.18. The summed E-state index contributed by atoms with van der Waals surface area (Å²) < 4.78 is 5.54. The summed E-state index contributed by atoms with van der Waals surface area (Å²) in [5.74, 6) is -0.502. The highest BCUT2D eigenvalue weighted by molar-refractivity contribution is 9.10. The Morgan fingerprint density at radius 3 is 2.69 bits per heavy atom. The quantitative estimate of drug-likeness (QED) is 0.894. The number of rotatable bonds is 4. The topological polar surface area (TPSA) is 66.8 Å². The lowest BCUT2D eigenvalue weighted by molar-refractivity contribution is -0.137. The fraction of sp³-hybridized carbons (Fsp3) is 0.364. The Morgan fingerprint density at radius 2 is 2.19 bits per heavy atom. The number of carboxylic acids is 1. The van der Waals surface area contributed by atoms with Crippen molar-refractivity contribution in [3.05, 3.63) is 22.2 Å². The molecule has 0 aliphatic carbocycles. The van der Waals surface area contributed by atoms with Crippen molar-refractivity contribution in [2.75, 3.05) is 7.11 Å². The summed E-state index contributed by atoms with van der Waals surface area (Å²) in [5, 5.41) is 18.3. The van der Waals surface area contributed by atoms with Crippen molar-refractivity contribution in [1.82, 2.24) is 0 Å². The SMILES string of the molecule is COc1cc(C(C)CC(=O)O)cc(O)c1Br. The molecule has 0 aliphatic heterocycles. The highest BCUT2D eigenvalue weighted by atomic mass is 79.9. The summed E-state index contributed by atoms with van der Waals surface area (Å²) in [7, 11) is 1.49. The van der Waals surface area contributed by atoms with Crippen molar-refractivity contribution >= 4 is 21.9 Å². The Labute approximate surface area is 102 Å². The van der Waals surface area contributed by atoms with Crippen LogP contribution in [-0.2, 0) is 4.79 Å². The minimum absolute atomic E-state index is 0.0181. The van der Waals surface area contributed by atoms with Crippen LogP contribution in [0.25, 0.3) is 0 Å². The lowest BCUT2D eigenvalue weighted by atomic mass is 9.97. The van der Waals surface area contributed by atoms with Gasteiger partial charge >= 0.3 is 5.97 Å². The molecule has 88 valence electrons. The van der Waals surface area contributed by atoms with E-state index in [1.54, 1.807) is 19.1 Å². The van der Waals surface area contributed by atoms with Gasteiger partial charge in [0.25, 0.3) is 0 Å². The zero-order chi connectivity index (χ0) is 12.3. The molecule has 1 atom stereocenters. The van der Waals surface area contributed by atoms with E-state index in [2.05, 4.69) is 15.9 Å². The molecule has 1 unspecified atom stereocenters. The molecular weight excluding hydrogens is 276 g/mol. The first-order chi connectivity index (χ1) is 7.45. The summed E-state index contributed by atoms with van der Waals surface area (Å²) in [6.45, 7) is 1.79. The molecule has 1 aromatic carbocycles. The van der Waals surface area contributed by atoms with Gasteiger partial charge in [0.05, 0.1) is 13.5 Å². The molecule has 16 heavy (non-hydrogen) atoms. The van der Waals surface area contributed by atoms with Gasteiger partial charge in [0, 0.05) is 0 Å². The first-order valence-corrected chi connectivity index (χ1v) is 5.53. The standard InChI is InChI=1S/C11H13BrO4/c1-6(3-10(14)15)7-4-8(13)11(12)9(5-7)16-2/h4-6,13H,3H2,1-2H3,(H,14,15). The molecular formula is C11H13BrO4. The van der Waals surface area contributed by atoms with Crippen LogP contribution in [-0.4, -0.2) is 23.3 Å². The molecule has 0 spiro atoms. The number of ether oxygens (including phenoxy) is 1. The zero-order valence-electron chi connectivity index (χ0n) is 9.03. The van der Waals surface area contributed by atoms with Gasteiger partial charge in [-0.1, -0.05) is 6.92 Å². The monoisotopic (exact) mass is 288 g/mol. The van der Waals surface area contributed by atoms with Gasteiger partial charge in [-0.25, -0.2) is 0 Å². The van der Waals surface area contributed by atoms with Gasteiger partial charge < -0.3 is 14.9 Å². The van der Waals surface area contributed by atoms with Gasteiger partial charge in [-0.3, -0.25) is 4.79 Å². The maximum absolute atomic E-state index is 10.6. The molecule has 0 fully saturated rings. The zero-order valence-corrected chi connectivity index (χ0v) is 10.6. The van der Waals surface area contributed by atoms with Crippen LogP contribution in [0.15, 0.2) is 16.6 Å². The Morgan fingerprint density at radius 1 is 1.56 bits per heavy atom. The van der Waals surface area contributed by atoms with Crippen molar-refractivity contribution < 1.29 is 19.7 Å². The number of methoxy groups -OCH3 is 1. The van der Waals surface area contributed by atoms with Crippen molar-refractivity contribution in [3.8, 4) is 11.5 Å². The Hall–Kier alpha value is -1.23. The van der Waals surface area contributed by atoms with E-state index in [0.29, 0.717) is 10.2 Å². The third-order valence-electron chi connectivity index (χ3n) is 2.31. The molecule has 4 nitrogen and oxygen atoms in total. The maximum Gasteiger partial charge on any atom is 0.303 e. The van der Waals surface area contributed by atoms with Gasteiger partial charge in [-0.2, -0.15) is 0 Å². The van der Waals surface area contributed by atoms with E-state index in [0.717, 1.165) is 5.56 Å². The van der Waals surface area contributed by atoms with Gasteiger partial charge in [0.1, 0.15) is 16.0 Å². The predicted octanol–water partition coefficient (Wildman–Crippen LogP) is 2.74. The van der Waals surface area contributed by atoms with Crippen LogP contribution in [0.1, 0.15) is 24.8 Å². The lowest BCUT2D eigenvalue weighted by Gasteiger charge is -2.13. The number of carbonyl (C=O) groups is 1. The average molecular weight is 289 g/mol. The number of aliphatic carboxylic acids is 1. The van der Waals surface area contributed by atoms with Crippen LogP contribution >= 0.6 is 15.9 Å². The molecule has 0 heterocycles. The fourth-order valence-corrected chi connectivity index (χ4v) is 1.81. The van der Waals surface area contributed by atoms with E-state index in [4.69, 9.17) is 9.84 Å². The molecule has 5 heteroatoms. The summed E-state index contributed by atoms with van der Waals surface area (Å²) in [6.07, 6.45) is 0.0181. The molecule has 0 saturated heterocycles. The number of halogens is 1. The van der Waals surface area contributed by atoms with E-state index in [1.165, 1.54) is 7.11 Å². The highest BCUT2D eigenvalue weighted by Gasteiger charge is 2.15. The third-order valence-corrected chi connectivity index (χ3v) is 3.11. The number of phenols is 1. The molecule has 0 bridgehead atoms. The second kappa shape index (κ2) is 5.21. The van der Waals surface area contributed by atoms with Crippen molar-refractivity contribution in [3.63, 3.8) is 0 Å². The van der Waals surface area contributed by atoms with E-state index < -0.39 is 5.97 Å². The van der Waals surface area contributed by atoms with Gasteiger partial charge in [0.2, 0.25) is 0 Å². The number of carboxylic acid groups (broad SMARTS) is 1. The second-order valence-electron chi connectivity index (χ2n) is 3.56. The Balaban J connectivity index is 3.05. The van der Waals surface area contributed by atoms with Gasteiger partial charge in [0.15, 0.2) is 0 Å². The first kappa shape index (κ1) is 12.8. The largest absolute Gasteiger partial charge is 0.507 e. The van der Waals surface area contributed by atoms with E-state index in [1.807, 2.05) is 0 Å². The predicted molar refractivity (Wildman–Crippen MR) is 63.0 cm³/mol. The summed E-state index contributed by atoms with van der Waals surface area (Å²) in [4.78, 5) is 10.6. The molecule has 1 aromatic rings. The number of hydrogen-bond donors (Lipinski definition) is 2. The maximum atomic E-state index is 10.6. The van der Waals surface area contributed by atoms with Gasteiger partial charge in [-0.05, 0) is 39.5 Å². The normalized spacial score (nSPS) is 12.2. The molecule has 0 aliphatic rings. The lowest BCUT2D eigenvalue weighted by Crippen LogP contribution is -2.03. The van der Waals surface area contributed by atoms with Crippen LogP contribution in [0, 0.1) is 0 Å². The number of phenolic OH excluding ortho intramolecular Hbond substituents is 1. The minimum Gasteiger partial charge on any atom is -0.507 e. The molecule has 1 rings (SSSR count). The molecule has 0 amide bonds. The Kier molecular flexibility index (Phi) is 4.18. The fourth-order valence-electron chi connectivity index (χ4n) is 1.42. The van der Waals surface area contributed by atoms with Crippen LogP contribution in [0.2, 0.25) is 0 Å². The number of benzene rings is 1. The smallest absolute Gasteiger partial charge is 0.303 e. The summed E-state index contributed by atoms with van der Waals surface area (Å²) in [5.41, 5.74) is 0.736. The van der Waals surface area contributed by atoms with Crippen LogP contribution in [0.3, 0.4) is 0 Å². The average Bonchev–Trinajstić information content (AvgIpc) is 2.20. The minimum atomic E-state index is -0.867. The number of aromatic hydroxyl groups is 1. The summed E-state index contributed by atoms with van der Waals surface area (Å²) in [6, 6.07) is 3.26. The molecule has 0 aromatic heterocycles. The van der Waals surface area contributed by atoms with Crippen LogP contribution < -0.4 is 4.74 Å².